The molecule has 1 saturated carbocycles. The van der Waals surface area contributed by atoms with E-state index in [1.165, 1.54) is 70.1 Å². The second-order valence-electron chi connectivity index (χ2n) is 5.07. The Labute approximate surface area is 111 Å². The minimum Gasteiger partial charge on any atom is -0.314 e. The van der Waals surface area contributed by atoms with E-state index >= 15 is 0 Å². The third-order valence-corrected chi connectivity index (χ3v) is 5.20. The average Bonchev–Trinajstić information content (AvgIpc) is 2.32. The molecule has 0 aromatic carbocycles. The fraction of sp³-hybridized carbons (Fsp3) is 1.00. The highest BCUT2D eigenvalue weighted by Crippen LogP contribution is 2.29. The Hall–Kier alpha value is 0.600. The Kier molecular flexibility index (Phi) is 7.93. The van der Waals surface area contributed by atoms with Crippen LogP contribution in [0.2, 0.25) is 0 Å². The van der Waals surface area contributed by atoms with E-state index in [4.69, 9.17) is 0 Å². The largest absolute Gasteiger partial charge is 0.314 e. The Morgan fingerprint density at radius 3 is 2.38 bits per heavy atom. The van der Waals surface area contributed by atoms with Gasteiger partial charge in [0.15, 0.2) is 0 Å². The van der Waals surface area contributed by atoms with Crippen LogP contribution < -0.4 is 5.32 Å². The van der Waals surface area contributed by atoms with Gasteiger partial charge in [-0.25, -0.2) is 0 Å². The molecule has 3 heteroatoms. The van der Waals surface area contributed by atoms with Crippen LogP contribution in [0.4, 0.5) is 0 Å². The van der Waals surface area contributed by atoms with Crippen molar-refractivity contribution in [2.45, 2.75) is 69.1 Å². The standard InChI is InChI=1S/C13H25NS.ClH/c1-2-7-13(8-3-1)15-11-9-12-6-4-5-10-14-12;/h12-14H,1-11H2;1H. The fourth-order valence-corrected chi connectivity index (χ4v) is 4.20. The molecule has 0 spiro atoms. The number of hydrogen-bond acceptors (Lipinski definition) is 2. The lowest BCUT2D eigenvalue weighted by molar-refractivity contribution is 0.394. The van der Waals surface area contributed by atoms with Crippen LogP contribution in [-0.4, -0.2) is 23.6 Å². The number of hydrogen-bond donors (Lipinski definition) is 1. The van der Waals surface area contributed by atoms with Crippen molar-refractivity contribution in [1.82, 2.24) is 5.32 Å². The maximum Gasteiger partial charge on any atom is 0.00749 e. The summed E-state index contributed by atoms with van der Waals surface area (Å²) >= 11 is 2.25. The van der Waals surface area contributed by atoms with Crippen LogP contribution in [0.3, 0.4) is 0 Å². The van der Waals surface area contributed by atoms with Gasteiger partial charge in [-0.05, 0) is 44.4 Å². The SMILES string of the molecule is C1CCC(SCCC2CCCCN2)CC1.Cl. The van der Waals surface area contributed by atoms with Crippen LogP contribution in [-0.2, 0) is 0 Å². The molecule has 1 atom stereocenters. The molecule has 2 fully saturated rings. The molecule has 1 aliphatic carbocycles. The number of thioether (sulfide) groups is 1. The zero-order chi connectivity index (χ0) is 10.3. The highest BCUT2D eigenvalue weighted by atomic mass is 35.5. The van der Waals surface area contributed by atoms with Gasteiger partial charge in [0, 0.05) is 11.3 Å². The monoisotopic (exact) mass is 263 g/mol. The van der Waals surface area contributed by atoms with Gasteiger partial charge in [-0.2, -0.15) is 11.8 Å². The van der Waals surface area contributed by atoms with Gasteiger partial charge in [-0.15, -0.1) is 12.4 Å². The van der Waals surface area contributed by atoms with Crippen LogP contribution in [0.15, 0.2) is 0 Å². The van der Waals surface area contributed by atoms with Crippen molar-refractivity contribution in [3.05, 3.63) is 0 Å². The first-order valence-corrected chi connectivity index (χ1v) is 7.85. The van der Waals surface area contributed by atoms with E-state index in [9.17, 15) is 0 Å². The zero-order valence-electron chi connectivity index (χ0n) is 10.2. The van der Waals surface area contributed by atoms with Crippen LogP contribution in [0, 0.1) is 0 Å². The van der Waals surface area contributed by atoms with E-state index in [1.807, 2.05) is 0 Å². The van der Waals surface area contributed by atoms with Crippen molar-refractivity contribution in [3.8, 4) is 0 Å². The molecule has 1 heterocycles. The van der Waals surface area contributed by atoms with Crippen LogP contribution in [0.1, 0.15) is 57.8 Å². The Morgan fingerprint density at radius 1 is 0.938 bits per heavy atom. The summed E-state index contributed by atoms with van der Waals surface area (Å²) in [6.45, 7) is 1.26. The van der Waals surface area contributed by atoms with E-state index in [1.54, 1.807) is 0 Å². The number of rotatable bonds is 4. The lowest BCUT2D eigenvalue weighted by Crippen LogP contribution is -2.34. The van der Waals surface area contributed by atoms with Gasteiger partial charge >= 0.3 is 0 Å². The highest BCUT2D eigenvalue weighted by molar-refractivity contribution is 7.99. The summed E-state index contributed by atoms with van der Waals surface area (Å²) in [5.41, 5.74) is 0. The van der Waals surface area contributed by atoms with Gasteiger partial charge in [0.25, 0.3) is 0 Å². The topological polar surface area (TPSA) is 12.0 Å². The number of nitrogens with one attached hydrogen (secondary N) is 1. The third kappa shape index (κ3) is 5.29. The van der Waals surface area contributed by atoms with E-state index in [-0.39, 0.29) is 12.4 Å². The molecule has 0 aromatic heterocycles. The fourth-order valence-electron chi connectivity index (χ4n) is 2.78. The molecular weight excluding hydrogens is 238 g/mol. The summed E-state index contributed by atoms with van der Waals surface area (Å²) in [7, 11) is 0. The first-order valence-electron chi connectivity index (χ1n) is 6.80. The molecule has 2 rings (SSSR count). The molecule has 1 nitrogen and oxygen atoms in total. The molecule has 1 saturated heterocycles. The predicted octanol–water partition coefficient (Wildman–Crippen LogP) is 4.01. The minimum atomic E-state index is 0. The average molecular weight is 264 g/mol. The van der Waals surface area contributed by atoms with Gasteiger partial charge < -0.3 is 5.32 Å². The zero-order valence-corrected chi connectivity index (χ0v) is 11.9. The quantitative estimate of drug-likeness (QED) is 0.823. The van der Waals surface area contributed by atoms with E-state index in [2.05, 4.69) is 17.1 Å². The van der Waals surface area contributed by atoms with Crippen molar-refractivity contribution < 1.29 is 0 Å². The summed E-state index contributed by atoms with van der Waals surface area (Å²) in [4.78, 5) is 0. The Balaban J connectivity index is 0.00000128. The van der Waals surface area contributed by atoms with E-state index in [0.29, 0.717) is 0 Å². The predicted molar refractivity (Wildman–Crippen MR) is 76.8 cm³/mol. The van der Waals surface area contributed by atoms with Gasteiger partial charge in [0.05, 0.1) is 0 Å². The molecule has 0 radical (unpaired) electrons. The molecular formula is C13H26ClNS. The van der Waals surface area contributed by atoms with Crippen molar-refractivity contribution in [1.29, 1.82) is 0 Å². The van der Waals surface area contributed by atoms with Crippen LogP contribution in [0.5, 0.6) is 0 Å². The maximum absolute atomic E-state index is 3.64. The minimum absolute atomic E-state index is 0. The molecule has 0 amide bonds. The molecule has 1 aliphatic heterocycles. The Bertz CT molecular complexity index is 147. The summed E-state index contributed by atoms with van der Waals surface area (Å²) in [5.74, 6) is 1.39. The van der Waals surface area contributed by atoms with Crippen LogP contribution >= 0.6 is 24.2 Å². The molecule has 1 unspecified atom stereocenters. The maximum atomic E-state index is 3.64. The summed E-state index contributed by atoms with van der Waals surface area (Å²) in [6.07, 6.45) is 13.1. The molecule has 96 valence electrons. The molecule has 16 heavy (non-hydrogen) atoms. The molecule has 0 aromatic rings. The summed E-state index contributed by atoms with van der Waals surface area (Å²) in [6, 6.07) is 0.842. The van der Waals surface area contributed by atoms with Crippen molar-refractivity contribution in [2.75, 3.05) is 12.3 Å². The van der Waals surface area contributed by atoms with Crippen LogP contribution in [0.25, 0.3) is 0 Å². The first-order chi connectivity index (χ1) is 7.45. The third-order valence-electron chi connectivity index (χ3n) is 3.78. The number of halogens is 1. The van der Waals surface area contributed by atoms with E-state index < -0.39 is 0 Å². The van der Waals surface area contributed by atoms with Crippen molar-refractivity contribution >= 4 is 24.2 Å². The van der Waals surface area contributed by atoms with Crippen molar-refractivity contribution in [2.24, 2.45) is 0 Å². The van der Waals surface area contributed by atoms with Gasteiger partial charge in [0.2, 0.25) is 0 Å². The van der Waals surface area contributed by atoms with Crippen molar-refractivity contribution in [3.63, 3.8) is 0 Å². The van der Waals surface area contributed by atoms with Gasteiger partial charge in [0.1, 0.15) is 0 Å². The normalized spacial score (nSPS) is 27.4. The molecule has 1 N–H and O–H groups in total. The van der Waals surface area contributed by atoms with Gasteiger partial charge in [-0.3, -0.25) is 0 Å². The molecule has 0 bridgehead atoms. The number of piperidine rings is 1. The second kappa shape index (κ2) is 8.66. The summed E-state index contributed by atoms with van der Waals surface area (Å²) < 4.78 is 0. The Morgan fingerprint density at radius 2 is 1.69 bits per heavy atom. The lowest BCUT2D eigenvalue weighted by atomic mass is 10.0. The highest BCUT2D eigenvalue weighted by Gasteiger charge is 2.16. The second-order valence-corrected chi connectivity index (χ2v) is 6.47. The lowest BCUT2D eigenvalue weighted by Gasteiger charge is -2.25. The molecule has 2 aliphatic rings. The smallest absolute Gasteiger partial charge is 0.00749 e. The van der Waals surface area contributed by atoms with Gasteiger partial charge in [-0.1, -0.05) is 25.7 Å². The first kappa shape index (κ1) is 14.7. The summed E-state index contributed by atoms with van der Waals surface area (Å²) in [5, 5.41) is 4.65. The van der Waals surface area contributed by atoms with E-state index in [0.717, 1.165) is 11.3 Å².